The van der Waals surface area contributed by atoms with Crippen molar-refractivity contribution in [2.75, 3.05) is 18.0 Å². The van der Waals surface area contributed by atoms with Crippen LogP contribution in [-0.2, 0) is 0 Å². The first-order valence-electron chi connectivity index (χ1n) is 6.33. The molecule has 0 spiro atoms. The molecule has 0 aromatic carbocycles. The van der Waals surface area contributed by atoms with Crippen LogP contribution in [0.2, 0.25) is 0 Å². The molecule has 1 fully saturated rings. The molecule has 0 atom stereocenters. The lowest BCUT2D eigenvalue weighted by atomic mass is 10.1. The maximum Gasteiger partial charge on any atom is 0.263 e. The second kappa shape index (κ2) is 5.10. The van der Waals surface area contributed by atoms with Gasteiger partial charge in [-0.2, -0.15) is 0 Å². The SMILES string of the molecule is Cc1nnc(N2CC(NC(=O)c3sc(C)nc3C)C2)s1. The van der Waals surface area contributed by atoms with Crippen molar-refractivity contribution in [1.82, 2.24) is 20.5 Å². The minimum Gasteiger partial charge on any atom is -0.345 e. The largest absolute Gasteiger partial charge is 0.345 e. The first-order chi connectivity index (χ1) is 9.52. The number of aryl methyl sites for hydroxylation is 3. The zero-order valence-electron chi connectivity index (χ0n) is 11.5. The lowest BCUT2D eigenvalue weighted by Gasteiger charge is -2.38. The van der Waals surface area contributed by atoms with Gasteiger partial charge in [-0.05, 0) is 20.8 Å². The van der Waals surface area contributed by atoms with Gasteiger partial charge >= 0.3 is 0 Å². The van der Waals surface area contributed by atoms with Crippen LogP contribution in [-0.4, -0.2) is 40.2 Å². The van der Waals surface area contributed by atoms with Gasteiger partial charge in [-0.15, -0.1) is 21.5 Å². The van der Waals surface area contributed by atoms with Crippen LogP contribution >= 0.6 is 22.7 Å². The van der Waals surface area contributed by atoms with E-state index in [2.05, 4.69) is 25.4 Å². The smallest absolute Gasteiger partial charge is 0.263 e. The highest BCUT2D eigenvalue weighted by atomic mass is 32.1. The van der Waals surface area contributed by atoms with Gasteiger partial charge in [-0.1, -0.05) is 11.3 Å². The maximum atomic E-state index is 12.1. The normalized spacial score (nSPS) is 15.2. The summed E-state index contributed by atoms with van der Waals surface area (Å²) in [5.41, 5.74) is 0.806. The number of anilines is 1. The monoisotopic (exact) mass is 309 g/mol. The molecule has 0 saturated carbocycles. The number of hydrogen-bond donors (Lipinski definition) is 1. The lowest BCUT2D eigenvalue weighted by molar-refractivity contribution is 0.0933. The summed E-state index contributed by atoms with van der Waals surface area (Å²) in [5, 5.41) is 14.0. The standard InChI is InChI=1S/C12H15N5OS2/c1-6-10(19-7(2)13-6)11(18)14-9-4-17(5-9)12-16-15-8(3)20-12/h9H,4-5H2,1-3H3,(H,14,18). The number of thiazole rings is 1. The second-order valence-corrected chi connectivity index (χ2v) is 7.19. The lowest BCUT2D eigenvalue weighted by Crippen LogP contribution is -2.59. The minimum absolute atomic E-state index is 0.0220. The first kappa shape index (κ1) is 13.4. The highest BCUT2D eigenvalue weighted by Crippen LogP contribution is 2.25. The van der Waals surface area contributed by atoms with Crippen LogP contribution < -0.4 is 10.2 Å². The molecular weight excluding hydrogens is 294 g/mol. The van der Waals surface area contributed by atoms with E-state index >= 15 is 0 Å². The summed E-state index contributed by atoms with van der Waals surface area (Å²) in [4.78, 5) is 19.3. The van der Waals surface area contributed by atoms with E-state index in [9.17, 15) is 4.79 Å². The van der Waals surface area contributed by atoms with E-state index < -0.39 is 0 Å². The third-order valence-corrected chi connectivity index (χ3v) is 5.08. The van der Waals surface area contributed by atoms with Crippen LogP contribution in [0.5, 0.6) is 0 Å². The average Bonchev–Trinajstić information content (AvgIpc) is 2.89. The molecule has 106 valence electrons. The molecule has 6 nitrogen and oxygen atoms in total. The molecule has 2 aromatic heterocycles. The van der Waals surface area contributed by atoms with E-state index in [4.69, 9.17) is 0 Å². The zero-order valence-corrected chi connectivity index (χ0v) is 13.1. The van der Waals surface area contributed by atoms with Crippen LogP contribution in [0.4, 0.5) is 5.13 Å². The Labute approximate surface area is 124 Å². The fourth-order valence-electron chi connectivity index (χ4n) is 2.13. The quantitative estimate of drug-likeness (QED) is 0.931. The molecule has 2 aromatic rings. The van der Waals surface area contributed by atoms with E-state index in [1.807, 2.05) is 20.8 Å². The Morgan fingerprint density at radius 3 is 2.50 bits per heavy atom. The Balaban J connectivity index is 1.56. The number of carbonyl (C=O) groups excluding carboxylic acids is 1. The van der Waals surface area contributed by atoms with E-state index in [1.165, 1.54) is 11.3 Å². The van der Waals surface area contributed by atoms with Gasteiger partial charge in [-0.25, -0.2) is 4.98 Å². The summed E-state index contributed by atoms with van der Waals surface area (Å²) in [5.74, 6) is -0.0220. The van der Waals surface area contributed by atoms with Crippen molar-refractivity contribution in [3.63, 3.8) is 0 Å². The Kier molecular flexibility index (Phi) is 3.43. The van der Waals surface area contributed by atoms with Gasteiger partial charge in [0.15, 0.2) is 0 Å². The fourth-order valence-corrected chi connectivity index (χ4v) is 3.66. The van der Waals surface area contributed by atoms with Gasteiger partial charge in [0.25, 0.3) is 5.91 Å². The Bertz CT molecular complexity index is 644. The molecule has 0 bridgehead atoms. The number of nitrogens with one attached hydrogen (secondary N) is 1. The van der Waals surface area contributed by atoms with Gasteiger partial charge < -0.3 is 10.2 Å². The maximum absolute atomic E-state index is 12.1. The van der Waals surface area contributed by atoms with Gasteiger partial charge in [-0.3, -0.25) is 4.79 Å². The van der Waals surface area contributed by atoms with Crippen LogP contribution in [0.25, 0.3) is 0 Å². The Morgan fingerprint density at radius 2 is 1.95 bits per heavy atom. The Morgan fingerprint density at radius 1 is 1.20 bits per heavy atom. The molecule has 1 N–H and O–H groups in total. The predicted molar refractivity (Wildman–Crippen MR) is 79.7 cm³/mol. The minimum atomic E-state index is -0.0220. The van der Waals surface area contributed by atoms with Crippen molar-refractivity contribution in [1.29, 1.82) is 0 Å². The van der Waals surface area contributed by atoms with Crippen LogP contribution in [0.1, 0.15) is 25.4 Å². The number of amides is 1. The number of hydrogen-bond acceptors (Lipinski definition) is 7. The third-order valence-electron chi connectivity index (χ3n) is 3.11. The summed E-state index contributed by atoms with van der Waals surface area (Å²) >= 11 is 3.02. The molecule has 3 heterocycles. The van der Waals surface area contributed by atoms with Gasteiger partial charge in [0.1, 0.15) is 9.88 Å². The molecule has 0 unspecified atom stereocenters. The summed E-state index contributed by atoms with van der Waals surface area (Å²) in [6, 6.07) is 0.175. The summed E-state index contributed by atoms with van der Waals surface area (Å²) in [6.07, 6.45) is 0. The number of aromatic nitrogens is 3. The van der Waals surface area contributed by atoms with Crippen molar-refractivity contribution in [2.24, 2.45) is 0 Å². The second-order valence-electron chi connectivity index (χ2n) is 4.83. The molecule has 1 aliphatic rings. The van der Waals surface area contributed by atoms with E-state index in [1.54, 1.807) is 11.3 Å². The Hall–Kier alpha value is -1.54. The fraction of sp³-hybridized carbons (Fsp3) is 0.500. The number of nitrogens with zero attached hydrogens (tertiary/aromatic N) is 4. The highest BCUT2D eigenvalue weighted by Gasteiger charge is 2.31. The molecule has 1 aliphatic heterocycles. The van der Waals surface area contributed by atoms with Crippen LogP contribution in [0, 0.1) is 20.8 Å². The topological polar surface area (TPSA) is 71.0 Å². The van der Waals surface area contributed by atoms with Gasteiger partial charge in [0, 0.05) is 13.1 Å². The van der Waals surface area contributed by atoms with Gasteiger partial charge in [0.2, 0.25) is 5.13 Å². The van der Waals surface area contributed by atoms with E-state index in [0.29, 0.717) is 4.88 Å². The molecule has 1 saturated heterocycles. The number of rotatable bonds is 3. The third kappa shape index (κ3) is 2.53. The highest BCUT2D eigenvalue weighted by molar-refractivity contribution is 7.15. The van der Waals surface area contributed by atoms with Crippen molar-refractivity contribution in [3.05, 3.63) is 20.6 Å². The molecule has 3 rings (SSSR count). The van der Waals surface area contributed by atoms with Crippen molar-refractivity contribution >= 4 is 33.7 Å². The first-order valence-corrected chi connectivity index (χ1v) is 7.96. The summed E-state index contributed by atoms with van der Waals surface area (Å²) < 4.78 is 0. The molecule has 0 radical (unpaired) electrons. The predicted octanol–water partition coefficient (Wildman–Crippen LogP) is 1.54. The summed E-state index contributed by atoms with van der Waals surface area (Å²) in [7, 11) is 0. The van der Waals surface area contributed by atoms with E-state index in [0.717, 1.165) is 33.9 Å². The van der Waals surface area contributed by atoms with Crippen molar-refractivity contribution in [2.45, 2.75) is 26.8 Å². The zero-order chi connectivity index (χ0) is 14.3. The van der Waals surface area contributed by atoms with Crippen molar-refractivity contribution < 1.29 is 4.79 Å². The molecule has 8 heteroatoms. The van der Waals surface area contributed by atoms with Crippen molar-refractivity contribution in [3.8, 4) is 0 Å². The molecule has 0 aliphatic carbocycles. The number of carbonyl (C=O) groups is 1. The van der Waals surface area contributed by atoms with Crippen LogP contribution in [0.15, 0.2) is 0 Å². The van der Waals surface area contributed by atoms with E-state index in [-0.39, 0.29) is 11.9 Å². The van der Waals surface area contributed by atoms with Gasteiger partial charge in [0.05, 0.1) is 16.7 Å². The molecule has 20 heavy (non-hydrogen) atoms. The molecule has 1 amide bonds. The van der Waals surface area contributed by atoms with Crippen LogP contribution in [0.3, 0.4) is 0 Å². The summed E-state index contributed by atoms with van der Waals surface area (Å²) in [6.45, 7) is 7.30. The molecular formula is C12H15N5OS2. The average molecular weight is 309 g/mol.